The highest BCUT2D eigenvalue weighted by Crippen LogP contribution is 1.97. The lowest BCUT2D eigenvalue weighted by molar-refractivity contribution is -0.141. The van der Waals surface area contributed by atoms with Crippen molar-refractivity contribution in [2.75, 3.05) is 25.2 Å². The van der Waals surface area contributed by atoms with E-state index in [1.165, 1.54) is 0 Å². The van der Waals surface area contributed by atoms with Crippen molar-refractivity contribution in [3.05, 3.63) is 0 Å². The van der Waals surface area contributed by atoms with Gasteiger partial charge in [0, 0.05) is 6.26 Å². The molecule has 116 valence electrons. The fraction of sp³-hybridized carbons (Fsp3) is 0.700. The van der Waals surface area contributed by atoms with Crippen molar-refractivity contribution in [3.8, 4) is 0 Å². The summed E-state index contributed by atoms with van der Waals surface area (Å²) < 4.78 is 26.5. The summed E-state index contributed by atoms with van der Waals surface area (Å²) in [6.45, 7) is 1.36. The van der Waals surface area contributed by atoms with Crippen molar-refractivity contribution in [2.24, 2.45) is 0 Å². The molecule has 0 spiro atoms. The molecule has 10 heteroatoms. The van der Waals surface area contributed by atoms with E-state index < -0.39 is 40.4 Å². The summed E-state index contributed by atoms with van der Waals surface area (Å²) in [6, 6.07) is -2.24. The lowest BCUT2D eigenvalue weighted by atomic mass is 10.2. The number of urea groups is 1. The summed E-state index contributed by atoms with van der Waals surface area (Å²) in [5.41, 5.74) is 0. The Morgan fingerprint density at radius 3 is 2.35 bits per heavy atom. The summed E-state index contributed by atoms with van der Waals surface area (Å²) in [5, 5.41) is 13.0. The number of ether oxygens (including phenoxy) is 1. The molecule has 1 unspecified atom stereocenters. The second kappa shape index (κ2) is 8.35. The van der Waals surface area contributed by atoms with Gasteiger partial charge >= 0.3 is 18.0 Å². The Kier molecular flexibility index (Phi) is 7.59. The van der Waals surface area contributed by atoms with Gasteiger partial charge in [-0.2, -0.15) is 0 Å². The Labute approximate surface area is 116 Å². The number of esters is 1. The summed E-state index contributed by atoms with van der Waals surface area (Å²) in [6.07, 6.45) is 0.702. The number of amides is 2. The van der Waals surface area contributed by atoms with Crippen LogP contribution in [0.3, 0.4) is 0 Å². The van der Waals surface area contributed by atoms with Crippen LogP contribution in [0.4, 0.5) is 4.79 Å². The average molecular weight is 310 g/mol. The lowest BCUT2D eigenvalue weighted by Crippen LogP contribution is -2.47. The number of hydrogen-bond acceptors (Lipinski definition) is 6. The third kappa shape index (κ3) is 9.14. The van der Waals surface area contributed by atoms with Crippen LogP contribution < -0.4 is 10.6 Å². The number of nitrogens with one attached hydrogen (secondary N) is 2. The highest BCUT2D eigenvalue weighted by molar-refractivity contribution is 7.90. The Balaban J connectivity index is 4.28. The molecule has 0 aromatic carbocycles. The molecule has 3 N–H and O–H groups in total. The van der Waals surface area contributed by atoms with Gasteiger partial charge in [-0.05, 0) is 13.3 Å². The van der Waals surface area contributed by atoms with Crippen LogP contribution in [0.1, 0.15) is 13.3 Å². The molecule has 0 radical (unpaired) electrons. The largest absolute Gasteiger partial charge is 0.480 e. The number of carboxylic acid groups (broad SMARTS) is 1. The van der Waals surface area contributed by atoms with Crippen LogP contribution in [0.25, 0.3) is 0 Å². The van der Waals surface area contributed by atoms with Crippen LogP contribution in [-0.4, -0.2) is 62.7 Å². The van der Waals surface area contributed by atoms with Gasteiger partial charge in [-0.3, -0.25) is 4.79 Å². The van der Waals surface area contributed by atoms with E-state index in [1.54, 1.807) is 6.92 Å². The third-order valence-electron chi connectivity index (χ3n) is 2.08. The maximum Gasteiger partial charge on any atom is 0.326 e. The topological polar surface area (TPSA) is 139 Å². The molecule has 0 aromatic rings. The minimum absolute atomic E-state index is 0.161. The van der Waals surface area contributed by atoms with Crippen LogP contribution in [-0.2, 0) is 24.2 Å². The number of carboxylic acids is 1. The molecule has 0 bridgehead atoms. The molecule has 0 rings (SSSR count). The highest BCUT2D eigenvalue weighted by atomic mass is 32.2. The van der Waals surface area contributed by atoms with Crippen molar-refractivity contribution in [1.29, 1.82) is 0 Å². The number of carbonyl (C=O) groups is 3. The maximum atomic E-state index is 11.3. The Hall–Kier alpha value is -1.84. The van der Waals surface area contributed by atoms with Gasteiger partial charge in [0.15, 0.2) is 0 Å². The van der Waals surface area contributed by atoms with Crippen LogP contribution in [0.15, 0.2) is 0 Å². The number of sulfone groups is 1. The molecule has 1 atom stereocenters. The summed E-state index contributed by atoms with van der Waals surface area (Å²) >= 11 is 0. The van der Waals surface area contributed by atoms with E-state index >= 15 is 0 Å². The average Bonchev–Trinajstić information content (AvgIpc) is 2.30. The standard InChI is InChI=1S/C10H18N2O7S/c1-3-19-8(13)6-11-10(16)12-7(9(14)15)4-5-20(2,17)18/h7H,3-6H2,1-2H3,(H,14,15)(H2,11,12,16). The van der Waals surface area contributed by atoms with Gasteiger partial charge in [0.2, 0.25) is 0 Å². The predicted octanol–water partition coefficient (Wildman–Crippen LogP) is -1.26. The van der Waals surface area contributed by atoms with Crippen molar-refractivity contribution in [1.82, 2.24) is 10.6 Å². The Morgan fingerprint density at radius 2 is 1.90 bits per heavy atom. The number of rotatable bonds is 8. The van der Waals surface area contributed by atoms with E-state index in [2.05, 4.69) is 15.4 Å². The SMILES string of the molecule is CCOC(=O)CNC(=O)NC(CCS(C)(=O)=O)C(=O)O. The van der Waals surface area contributed by atoms with E-state index in [4.69, 9.17) is 5.11 Å². The first-order valence-corrected chi connectivity index (χ1v) is 7.82. The molecule has 0 aliphatic rings. The van der Waals surface area contributed by atoms with E-state index in [1.807, 2.05) is 0 Å². The van der Waals surface area contributed by atoms with Gasteiger partial charge in [0.25, 0.3) is 0 Å². The first-order valence-electron chi connectivity index (χ1n) is 5.76. The monoisotopic (exact) mass is 310 g/mol. The number of carbonyl (C=O) groups excluding carboxylic acids is 2. The highest BCUT2D eigenvalue weighted by Gasteiger charge is 2.21. The van der Waals surface area contributed by atoms with Crippen LogP contribution in [0.5, 0.6) is 0 Å². The molecule has 0 aliphatic carbocycles. The van der Waals surface area contributed by atoms with Gasteiger partial charge in [-0.15, -0.1) is 0 Å². The minimum atomic E-state index is -3.33. The summed E-state index contributed by atoms with van der Waals surface area (Å²) in [7, 11) is -3.33. The van der Waals surface area contributed by atoms with Gasteiger partial charge in [0.05, 0.1) is 12.4 Å². The van der Waals surface area contributed by atoms with Crippen molar-refractivity contribution in [2.45, 2.75) is 19.4 Å². The predicted molar refractivity (Wildman–Crippen MR) is 68.9 cm³/mol. The maximum absolute atomic E-state index is 11.3. The van der Waals surface area contributed by atoms with E-state index in [0.717, 1.165) is 6.26 Å². The van der Waals surface area contributed by atoms with Crippen LogP contribution in [0, 0.1) is 0 Å². The van der Waals surface area contributed by atoms with Gasteiger partial charge in [-0.1, -0.05) is 0 Å². The lowest BCUT2D eigenvalue weighted by Gasteiger charge is -2.14. The molecule has 9 nitrogen and oxygen atoms in total. The molecule has 0 aromatic heterocycles. The molecule has 0 saturated heterocycles. The Bertz CT molecular complexity index is 460. The summed E-state index contributed by atoms with van der Waals surface area (Å²) in [4.78, 5) is 33.2. The van der Waals surface area contributed by atoms with Crippen LogP contribution in [0.2, 0.25) is 0 Å². The number of aliphatic carboxylic acids is 1. The molecule has 20 heavy (non-hydrogen) atoms. The first-order chi connectivity index (χ1) is 9.15. The molecule has 0 saturated carbocycles. The van der Waals surface area contributed by atoms with Gasteiger partial charge < -0.3 is 20.5 Å². The smallest absolute Gasteiger partial charge is 0.326 e. The molecule has 2 amide bonds. The fourth-order valence-electron chi connectivity index (χ4n) is 1.16. The van der Waals surface area contributed by atoms with Crippen LogP contribution >= 0.6 is 0 Å². The zero-order chi connectivity index (χ0) is 15.8. The fourth-order valence-corrected chi connectivity index (χ4v) is 1.83. The second-order valence-corrected chi connectivity index (χ2v) is 6.20. The van der Waals surface area contributed by atoms with Gasteiger partial charge in [0.1, 0.15) is 22.4 Å². The third-order valence-corrected chi connectivity index (χ3v) is 3.06. The second-order valence-electron chi connectivity index (χ2n) is 3.94. The van der Waals surface area contributed by atoms with E-state index in [9.17, 15) is 22.8 Å². The number of hydrogen-bond donors (Lipinski definition) is 3. The molecule has 0 aliphatic heterocycles. The van der Waals surface area contributed by atoms with Gasteiger partial charge in [-0.25, -0.2) is 18.0 Å². The summed E-state index contributed by atoms with van der Waals surface area (Å²) in [5.74, 6) is -2.40. The molecule has 0 fully saturated rings. The Morgan fingerprint density at radius 1 is 1.30 bits per heavy atom. The quantitative estimate of drug-likeness (QED) is 0.475. The van der Waals surface area contributed by atoms with E-state index in [0.29, 0.717) is 0 Å². The van der Waals surface area contributed by atoms with E-state index in [-0.39, 0.29) is 18.8 Å². The molecular formula is C10H18N2O7S. The minimum Gasteiger partial charge on any atom is -0.480 e. The molecular weight excluding hydrogens is 292 g/mol. The zero-order valence-electron chi connectivity index (χ0n) is 11.2. The zero-order valence-corrected chi connectivity index (χ0v) is 12.0. The molecule has 0 heterocycles. The van der Waals surface area contributed by atoms with Crippen molar-refractivity contribution in [3.63, 3.8) is 0 Å². The van der Waals surface area contributed by atoms with Crippen molar-refractivity contribution < 1.29 is 32.6 Å². The van der Waals surface area contributed by atoms with Crippen molar-refractivity contribution >= 4 is 27.8 Å². The normalized spacial score (nSPS) is 12.3. The first kappa shape index (κ1) is 18.2.